The predicted octanol–water partition coefficient (Wildman–Crippen LogP) is 2.63. The van der Waals surface area contributed by atoms with Gasteiger partial charge in [-0.25, -0.2) is 4.39 Å². The van der Waals surface area contributed by atoms with Crippen LogP contribution in [0.5, 0.6) is 5.88 Å². The summed E-state index contributed by atoms with van der Waals surface area (Å²) in [6.07, 6.45) is 0. The number of hydrogen-bond acceptors (Lipinski definition) is 4. The van der Waals surface area contributed by atoms with Crippen LogP contribution in [0, 0.1) is 12.7 Å². The maximum absolute atomic E-state index is 14.1. The Morgan fingerprint density at radius 2 is 2.05 bits per heavy atom. The first-order valence-corrected chi connectivity index (χ1v) is 6.52. The van der Waals surface area contributed by atoms with Crippen molar-refractivity contribution in [1.82, 2.24) is 15.5 Å². The fourth-order valence-corrected chi connectivity index (χ4v) is 2.06. The quantitative estimate of drug-likeness (QED) is 0.911. The van der Waals surface area contributed by atoms with Gasteiger partial charge >= 0.3 is 0 Å². The second-order valence-corrected chi connectivity index (χ2v) is 4.52. The summed E-state index contributed by atoms with van der Waals surface area (Å²) in [6, 6.07) is 8.25. The van der Waals surface area contributed by atoms with Gasteiger partial charge in [-0.1, -0.05) is 24.6 Å². The molecule has 4 nitrogen and oxygen atoms in total. The van der Waals surface area contributed by atoms with E-state index in [0.29, 0.717) is 23.7 Å². The van der Waals surface area contributed by atoms with Crippen LogP contribution in [0.4, 0.5) is 4.39 Å². The molecule has 1 heterocycles. The maximum atomic E-state index is 14.1. The molecule has 2 rings (SSSR count). The van der Waals surface area contributed by atoms with Crippen molar-refractivity contribution < 1.29 is 9.13 Å². The summed E-state index contributed by atoms with van der Waals surface area (Å²) in [4.78, 5) is 0. The minimum Gasteiger partial charge on any atom is -0.480 e. The second kappa shape index (κ2) is 6.43. The Morgan fingerprint density at radius 1 is 1.25 bits per heavy atom. The van der Waals surface area contributed by atoms with E-state index in [0.717, 1.165) is 5.56 Å². The molecule has 0 saturated carbocycles. The lowest BCUT2D eigenvalue weighted by Crippen LogP contribution is -2.24. The highest BCUT2D eigenvalue weighted by atomic mass is 19.1. The lowest BCUT2D eigenvalue weighted by molar-refractivity contribution is 0.390. The van der Waals surface area contributed by atoms with Crippen LogP contribution in [0.25, 0.3) is 0 Å². The molecule has 0 radical (unpaired) electrons. The van der Waals surface area contributed by atoms with Gasteiger partial charge in [0.15, 0.2) is 0 Å². The molecule has 1 unspecified atom stereocenters. The maximum Gasteiger partial charge on any atom is 0.233 e. The summed E-state index contributed by atoms with van der Waals surface area (Å²) >= 11 is 0. The number of aromatic nitrogens is 2. The van der Waals surface area contributed by atoms with Crippen molar-refractivity contribution in [2.24, 2.45) is 0 Å². The first-order chi connectivity index (χ1) is 9.65. The average Bonchev–Trinajstić information content (AvgIpc) is 2.48. The number of aryl methyl sites for hydroxylation is 1. The van der Waals surface area contributed by atoms with Gasteiger partial charge in [-0.15, -0.1) is 10.2 Å². The standard InChI is InChI=1S/C15H18FN3O/c1-4-17-15(11-9-10(2)5-6-12(11)16)13-7-8-14(20-3)19-18-13/h5-9,15,17H,4H2,1-3H3. The largest absolute Gasteiger partial charge is 0.480 e. The van der Waals surface area contributed by atoms with Crippen LogP contribution in [0.2, 0.25) is 0 Å². The van der Waals surface area contributed by atoms with E-state index in [2.05, 4.69) is 15.5 Å². The second-order valence-electron chi connectivity index (χ2n) is 4.52. The van der Waals surface area contributed by atoms with Gasteiger partial charge in [-0.3, -0.25) is 0 Å². The Kier molecular flexibility index (Phi) is 4.63. The SMILES string of the molecule is CCNC(c1ccc(OC)nn1)c1cc(C)ccc1F. The number of nitrogens with one attached hydrogen (secondary N) is 1. The molecular formula is C15H18FN3O. The Bertz CT molecular complexity index is 572. The van der Waals surface area contributed by atoms with E-state index < -0.39 is 0 Å². The number of hydrogen-bond donors (Lipinski definition) is 1. The van der Waals surface area contributed by atoms with E-state index in [1.54, 1.807) is 18.2 Å². The number of halogens is 1. The third kappa shape index (κ3) is 3.11. The van der Waals surface area contributed by atoms with Gasteiger partial charge in [-0.05, 0) is 25.6 Å². The van der Waals surface area contributed by atoms with Gasteiger partial charge in [0.05, 0.1) is 18.8 Å². The van der Waals surface area contributed by atoms with E-state index in [-0.39, 0.29) is 11.9 Å². The highest BCUT2D eigenvalue weighted by Crippen LogP contribution is 2.24. The highest BCUT2D eigenvalue weighted by molar-refractivity contribution is 5.32. The lowest BCUT2D eigenvalue weighted by Gasteiger charge is -2.18. The number of rotatable bonds is 5. The molecule has 1 atom stereocenters. The zero-order chi connectivity index (χ0) is 14.5. The van der Waals surface area contributed by atoms with Gasteiger partial charge in [0, 0.05) is 11.6 Å². The fraction of sp³-hybridized carbons (Fsp3) is 0.333. The fourth-order valence-electron chi connectivity index (χ4n) is 2.06. The van der Waals surface area contributed by atoms with Crippen LogP contribution >= 0.6 is 0 Å². The van der Waals surface area contributed by atoms with Crippen molar-refractivity contribution >= 4 is 0 Å². The van der Waals surface area contributed by atoms with E-state index >= 15 is 0 Å². The van der Waals surface area contributed by atoms with E-state index in [1.165, 1.54) is 13.2 Å². The zero-order valence-electron chi connectivity index (χ0n) is 11.9. The normalized spacial score (nSPS) is 12.2. The molecule has 0 aliphatic rings. The van der Waals surface area contributed by atoms with Crippen molar-refractivity contribution in [2.45, 2.75) is 19.9 Å². The minimum absolute atomic E-state index is 0.251. The molecule has 1 aromatic carbocycles. The summed E-state index contributed by atoms with van der Waals surface area (Å²) in [5.74, 6) is 0.188. The first kappa shape index (κ1) is 14.4. The Hall–Kier alpha value is -2.01. The van der Waals surface area contributed by atoms with E-state index in [1.807, 2.05) is 19.9 Å². The molecule has 0 fully saturated rings. The molecule has 5 heteroatoms. The van der Waals surface area contributed by atoms with Gasteiger partial charge in [0.1, 0.15) is 5.82 Å². The molecule has 0 spiro atoms. The number of nitrogens with zero attached hydrogens (tertiary/aromatic N) is 2. The van der Waals surface area contributed by atoms with Crippen molar-refractivity contribution in [3.05, 3.63) is 53.0 Å². The Labute approximate surface area is 118 Å². The molecule has 2 aromatic rings. The number of ether oxygens (including phenoxy) is 1. The van der Waals surface area contributed by atoms with Crippen LogP contribution < -0.4 is 10.1 Å². The summed E-state index contributed by atoms with van der Waals surface area (Å²) < 4.78 is 19.1. The van der Waals surface area contributed by atoms with Crippen molar-refractivity contribution in [3.63, 3.8) is 0 Å². The van der Waals surface area contributed by atoms with Crippen molar-refractivity contribution in [3.8, 4) is 5.88 Å². The topological polar surface area (TPSA) is 47.0 Å². The molecule has 0 saturated heterocycles. The molecule has 1 N–H and O–H groups in total. The predicted molar refractivity (Wildman–Crippen MR) is 75.2 cm³/mol. The van der Waals surface area contributed by atoms with E-state index in [4.69, 9.17) is 4.74 Å². The molecule has 0 aliphatic carbocycles. The molecule has 106 valence electrons. The molecular weight excluding hydrogens is 257 g/mol. The van der Waals surface area contributed by atoms with Crippen LogP contribution in [-0.4, -0.2) is 23.9 Å². The molecule has 0 aliphatic heterocycles. The number of benzene rings is 1. The first-order valence-electron chi connectivity index (χ1n) is 6.52. The van der Waals surface area contributed by atoms with Crippen LogP contribution in [0.15, 0.2) is 30.3 Å². The number of methoxy groups -OCH3 is 1. The summed E-state index contributed by atoms with van der Waals surface area (Å²) in [5, 5.41) is 11.3. The summed E-state index contributed by atoms with van der Waals surface area (Å²) in [5.41, 5.74) is 2.24. The van der Waals surface area contributed by atoms with Crippen LogP contribution in [0.3, 0.4) is 0 Å². The van der Waals surface area contributed by atoms with Crippen LogP contribution in [-0.2, 0) is 0 Å². The third-order valence-electron chi connectivity index (χ3n) is 3.04. The summed E-state index contributed by atoms with van der Waals surface area (Å²) in [6.45, 7) is 4.61. The highest BCUT2D eigenvalue weighted by Gasteiger charge is 2.19. The molecule has 0 bridgehead atoms. The van der Waals surface area contributed by atoms with Gasteiger partial charge in [0.25, 0.3) is 0 Å². The lowest BCUT2D eigenvalue weighted by atomic mass is 10.0. The van der Waals surface area contributed by atoms with E-state index in [9.17, 15) is 4.39 Å². The zero-order valence-corrected chi connectivity index (χ0v) is 11.9. The van der Waals surface area contributed by atoms with Crippen LogP contribution in [0.1, 0.15) is 29.8 Å². The monoisotopic (exact) mass is 275 g/mol. The minimum atomic E-state index is -0.321. The summed E-state index contributed by atoms with van der Waals surface area (Å²) in [7, 11) is 1.53. The van der Waals surface area contributed by atoms with Crippen molar-refractivity contribution in [2.75, 3.05) is 13.7 Å². The Balaban J connectivity index is 2.41. The Morgan fingerprint density at radius 3 is 2.65 bits per heavy atom. The third-order valence-corrected chi connectivity index (χ3v) is 3.04. The van der Waals surface area contributed by atoms with Gasteiger partial charge in [-0.2, -0.15) is 0 Å². The molecule has 20 heavy (non-hydrogen) atoms. The average molecular weight is 275 g/mol. The van der Waals surface area contributed by atoms with Crippen molar-refractivity contribution in [1.29, 1.82) is 0 Å². The molecule has 1 aromatic heterocycles. The van der Waals surface area contributed by atoms with Gasteiger partial charge < -0.3 is 10.1 Å². The van der Waals surface area contributed by atoms with Gasteiger partial charge in [0.2, 0.25) is 5.88 Å². The smallest absolute Gasteiger partial charge is 0.233 e. The molecule has 0 amide bonds.